The molecule has 0 saturated carbocycles. The summed E-state index contributed by atoms with van der Waals surface area (Å²) in [7, 11) is 0. The number of amides is 1. The molecule has 0 bridgehead atoms. The first-order valence-electron chi connectivity index (χ1n) is 10.6. The zero-order chi connectivity index (χ0) is 20.2. The molecule has 2 aromatic rings. The van der Waals surface area contributed by atoms with Crippen molar-refractivity contribution in [2.75, 3.05) is 44.3 Å². The molecule has 29 heavy (non-hydrogen) atoms. The maximum atomic E-state index is 12.3. The summed E-state index contributed by atoms with van der Waals surface area (Å²) in [6.45, 7) is 11.1. The number of hydrogen-bond acceptors (Lipinski definition) is 5. The highest BCUT2D eigenvalue weighted by atomic mass is 16.6. The van der Waals surface area contributed by atoms with Crippen LogP contribution in [0.25, 0.3) is 5.52 Å². The molecule has 0 radical (unpaired) electrons. The van der Waals surface area contributed by atoms with Gasteiger partial charge in [0.2, 0.25) is 0 Å². The smallest absolute Gasteiger partial charge is 0.410 e. The summed E-state index contributed by atoms with van der Waals surface area (Å²) in [4.78, 5) is 16.5. The standard InChI is InChI=1S/C22H30N4O3/c1-21(2,3)29-20(27)24-8-6-16(7-9-24)18-10-23-26-11-17(4-5-19(18)26)25-12-22(13-25)14-28-15-22/h4-5,10-11,16H,6-9,12-15H2,1-3H3. The third-order valence-corrected chi connectivity index (χ3v) is 6.35. The third-order valence-electron chi connectivity index (χ3n) is 6.35. The normalized spacial score (nSPS) is 21.9. The van der Waals surface area contributed by atoms with E-state index >= 15 is 0 Å². The molecule has 5 heterocycles. The second-order valence-electron chi connectivity index (χ2n) is 9.91. The summed E-state index contributed by atoms with van der Waals surface area (Å²) in [5.74, 6) is 0.427. The fourth-order valence-electron chi connectivity index (χ4n) is 4.71. The van der Waals surface area contributed by atoms with Crippen molar-refractivity contribution in [3.63, 3.8) is 0 Å². The van der Waals surface area contributed by atoms with Crippen molar-refractivity contribution in [1.82, 2.24) is 14.5 Å². The van der Waals surface area contributed by atoms with Crippen molar-refractivity contribution in [2.45, 2.75) is 45.1 Å². The van der Waals surface area contributed by atoms with Crippen molar-refractivity contribution < 1.29 is 14.3 Å². The SMILES string of the molecule is CC(C)(C)OC(=O)N1CCC(c2cnn3cc(N4CC5(COC5)C4)ccc23)CC1. The van der Waals surface area contributed by atoms with E-state index < -0.39 is 5.60 Å². The highest BCUT2D eigenvalue weighted by Crippen LogP contribution is 2.40. The number of pyridine rings is 1. The van der Waals surface area contributed by atoms with E-state index in [9.17, 15) is 4.79 Å². The van der Waals surface area contributed by atoms with Crippen molar-refractivity contribution in [3.05, 3.63) is 30.1 Å². The first kappa shape index (κ1) is 18.7. The van der Waals surface area contributed by atoms with Gasteiger partial charge in [0.1, 0.15) is 5.60 Å². The monoisotopic (exact) mass is 398 g/mol. The van der Waals surface area contributed by atoms with Crippen LogP contribution < -0.4 is 4.90 Å². The van der Waals surface area contributed by atoms with Crippen molar-refractivity contribution in [3.8, 4) is 0 Å². The first-order chi connectivity index (χ1) is 13.8. The quantitative estimate of drug-likeness (QED) is 0.777. The molecule has 0 N–H and O–H groups in total. The summed E-state index contributed by atoms with van der Waals surface area (Å²) in [5.41, 5.74) is 3.64. The summed E-state index contributed by atoms with van der Waals surface area (Å²) in [6.07, 6.45) is 5.82. The van der Waals surface area contributed by atoms with E-state index in [1.165, 1.54) is 16.8 Å². The Bertz CT molecular complexity index is 912. The van der Waals surface area contributed by atoms with E-state index in [2.05, 4.69) is 28.3 Å². The molecule has 1 spiro atoms. The average Bonchev–Trinajstić information content (AvgIpc) is 3.01. The summed E-state index contributed by atoms with van der Waals surface area (Å²) < 4.78 is 12.9. The van der Waals surface area contributed by atoms with Crippen LogP contribution >= 0.6 is 0 Å². The van der Waals surface area contributed by atoms with Crippen LogP contribution in [0.5, 0.6) is 0 Å². The van der Waals surface area contributed by atoms with Crippen LogP contribution in [0.3, 0.4) is 0 Å². The van der Waals surface area contributed by atoms with Crippen LogP contribution in [-0.2, 0) is 9.47 Å². The van der Waals surface area contributed by atoms with E-state index in [1.807, 2.05) is 36.4 Å². The molecule has 3 aliphatic rings. The zero-order valence-electron chi connectivity index (χ0n) is 17.6. The van der Waals surface area contributed by atoms with Gasteiger partial charge in [-0.25, -0.2) is 9.31 Å². The number of carbonyl (C=O) groups is 1. The number of piperidine rings is 1. The minimum atomic E-state index is -0.449. The number of aromatic nitrogens is 2. The number of rotatable bonds is 2. The molecule has 3 fully saturated rings. The lowest BCUT2D eigenvalue weighted by Gasteiger charge is -2.55. The molecule has 0 aliphatic carbocycles. The summed E-state index contributed by atoms with van der Waals surface area (Å²) >= 11 is 0. The minimum Gasteiger partial charge on any atom is -0.444 e. The number of likely N-dealkylation sites (tertiary alicyclic amines) is 1. The van der Waals surface area contributed by atoms with Gasteiger partial charge in [-0.15, -0.1) is 0 Å². The van der Waals surface area contributed by atoms with Gasteiger partial charge in [0.25, 0.3) is 0 Å². The molecular weight excluding hydrogens is 368 g/mol. The molecule has 156 valence electrons. The summed E-state index contributed by atoms with van der Waals surface area (Å²) in [6, 6.07) is 4.41. The minimum absolute atomic E-state index is 0.204. The number of nitrogens with zero attached hydrogens (tertiary/aromatic N) is 4. The van der Waals surface area contributed by atoms with E-state index in [0.29, 0.717) is 11.3 Å². The molecule has 1 amide bonds. The van der Waals surface area contributed by atoms with Crippen molar-refractivity contribution >= 4 is 17.3 Å². The van der Waals surface area contributed by atoms with E-state index in [1.54, 1.807) is 0 Å². The Balaban J connectivity index is 1.24. The molecule has 7 heteroatoms. The molecule has 3 saturated heterocycles. The lowest BCUT2D eigenvalue weighted by molar-refractivity contribution is -0.127. The predicted molar refractivity (Wildman–Crippen MR) is 110 cm³/mol. The lowest BCUT2D eigenvalue weighted by Crippen LogP contribution is -2.66. The predicted octanol–water partition coefficient (Wildman–Crippen LogP) is 3.29. The van der Waals surface area contributed by atoms with E-state index in [-0.39, 0.29) is 6.09 Å². The Hall–Kier alpha value is -2.28. The molecule has 0 aromatic carbocycles. The van der Waals surface area contributed by atoms with Gasteiger partial charge in [-0.2, -0.15) is 5.10 Å². The van der Waals surface area contributed by atoms with Crippen LogP contribution in [-0.4, -0.2) is 65.6 Å². The van der Waals surface area contributed by atoms with Gasteiger partial charge >= 0.3 is 6.09 Å². The van der Waals surface area contributed by atoms with Crippen LogP contribution in [0.1, 0.15) is 45.1 Å². The summed E-state index contributed by atoms with van der Waals surface area (Å²) in [5, 5.41) is 4.63. The largest absolute Gasteiger partial charge is 0.444 e. The maximum absolute atomic E-state index is 12.3. The molecule has 7 nitrogen and oxygen atoms in total. The number of hydrogen-bond donors (Lipinski definition) is 0. The van der Waals surface area contributed by atoms with Crippen molar-refractivity contribution in [1.29, 1.82) is 0 Å². The third kappa shape index (κ3) is 3.45. The van der Waals surface area contributed by atoms with E-state index in [0.717, 1.165) is 52.2 Å². The molecule has 2 aromatic heterocycles. The van der Waals surface area contributed by atoms with Crippen LogP contribution in [0.4, 0.5) is 10.5 Å². The van der Waals surface area contributed by atoms with Crippen LogP contribution in [0, 0.1) is 5.41 Å². The van der Waals surface area contributed by atoms with Crippen molar-refractivity contribution in [2.24, 2.45) is 5.41 Å². The topological polar surface area (TPSA) is 59.3 Å². The second-order valence-corrected chi connectivity index (χ2v) is 9.91. The Morgan fingerprint density at radius 3 is 2.55 bits per heavy atom. The molecule has 5 rings (SSSR count). The van der Waals surface area contributed by atoms with Gasteiger partial charge in [-0.1, -0.05) is 0 Å². The maximum Gasteiger partial charge on any atom is 0.410 e. The number of fused-ring (bicyclic) bond motifs is 1. The van der Waals surface area contributed by atoms with Gasteiger partial charge in [-0.05, 0) is 51.7 Å². The van der Waals surface area contributed by atoms with Gasteiger partial charge in [0, 0.05) is 31.7 Å². The highest BCUT2D eigenvalue weighted by Gasteiger charge is 2.49. The average molecular weight is 399 g/mol. The molecule has 3 aliphatic heterocycles. The van der Waals surface area contributed by atoms with Gasteiger partial charge in [0.15, 0.2) is 0 Å². The van der Waals surface area contributed by atoms with Gasteiger partial charge in [-0.3, -0.25) is 0 Å². The Labute approximate surface area is 171 Å². The number of anilines is 1. The van der Waals surface area contributed by atoms with E-state index in [4.69, 9.17) is 9.47 Å². The first-order valence-corrected chi connectivity index (χ1v) is 10.6. The van der Waals surface area contributed by atoms with Gasteiger partial charge in [0.05, 0.1) is 42.2 Å². The van der Waals surface area contributed by atoms with Crippen LogP contribution in [0.2, 0.25) is 0 Å². The zero-order valence-corrected chi connectivity index (χ0v) is 17.6. The molecule has 0 atom stereocenters. The Kier molecular flexibility index (Phi) is 4.28. The number of ether oxygens (including phenoxy) is 2. The molecular formula is C22H30N4O3. The lowest BCUT2D eigenvalue weighted by atomic mass is 9.78. The fourth-order valence-corrected chi connectivity index (χ4v) is 4.71. The Morgan fingerprint density at radius 1 is 1.21 bits per heavy atom. The van der Waals surface area contributed by atoms with Crippen LogP contribution in [0.15, 0.2) is 24.5 Å². The fraction of sp³-hybridized carbons (Fsp3) is 0.636. The molecule has 0 unspecified atom stereocenters. The van der Waals surface area contributed by atoms with Gasteiger partial charge < -0.3 is 19.3 Å². The Morgan fingerprint density at radius 2 is 1.93 bits per heavy atom. The number of carbonyl (C=O) groups excluding carboxylic acids is 1. The highest BCUT2D eigenvalue weighted by molar-refractivity contribution is 5.68. The second kappa shape index (κ2) is 6.62.